The Labute approximate surface area is 226 Å². The quantitative estimate of drug-likeness (QED) is 0.193. The summed E-state index contributed by atoms with van der Waals surface area (Å²) in [4.78, 5) is 31.6. The van der Waals surface area contributed by atoms with Crippen LogP contribution in [0.5, 0.6) is 0 Å². The molecule has 4 aromatic rings. The van der Waals surface area contributed by atoms with E-state index in [-0.39, 0.29) is 17.3 Å². The number of benzene rings is 3. The summed E-state index contributed by atoms with van der Waals surface area (Å²) < 4.78 is 0. The molecule has 1 amide bonds. The zero-order valence-electron chi connectivity index (χ0n) is 21.4. The van der Waals surface area contributed by atoms with Crippen molar-refractivity contribution in [2.45, 2.75) is 19.4 Å². The first kappa shape index (κ1) is 25.7. The van der Waals surface area contributed by atoms with Gasteiger partial charge in [0.25, 0.3) is 5.91 Å². The SMILES string of the molecule is N=C(N)c1ccc2c(c1)CCN2Cc1ccccc1-c1cc(C(=O)NCCc2ccccn2)ccc1C(=O)O. The van der Waals surface area contributed by atoms with Crippen LogP contribution < -0.4 is 16.0 Å². The molecule has 2 heterocycles. The van der Waals surface area contributed by atoms with E-state index in [2.05, 4.69) is 15.2 Å². The molecule has 1 aromatic heterocycles. The lowest BCUT2D eigenvalue weighted by molar-refractivity contribution is 0.0697. The number of carboxylic acid groups (broad SMARTS) is 1. The maximum absolute atomic E-state index is 13.0. The van der Waals surface area contributed by atoms with Gasteiger partial charge in [0.2, 0.25) is 0 Å². The van der Waals surface area contributed by atoms with Crippen LogP contribution in [0.25, 0.3) is 11.1 Å². The molecule has 1 aliphatic heterocycles. The predicted molar refractivity (Wildman–Crippen MR) is 151 cm³/mol. The Balaban J connectivity index is 1.41. The summed E-state index contributed by atoms with van der Waals surface area (Å²) >= 11 is 0. The van der Waals surface area contributed by atoms with Gasteiger partial charge in [-0.25, -0.2) is 4.79 Å². The molecule has 0 aliphatic carbocycles. The van der Waals surface area contributed by atoms with Crippen LogP contribution in [0.3, 0.4) is 0 Å². The number of aromatic nitrogens is 1. The number of rotatable bonds is 9. The van der Waals surface area contributed by atoms with Crippen LogP contribution in [-0.2, 0) is 19.4 Å². The van der Waals surface area contributed by atoms with Crippen molar-refractivity contribution < 1.29 is 14.7 Å². The van der Waals surface area contributed by atoms with Crippen molar-refractivity contribution >= 4 is 23.4 Å². The van der Waals surface area contributed by atoms with Gasteiger partial charge in [0.1, 0.15) is 5.84 Å². The van der Waals surface area contributed by atoms with E-state index in [0.29, 0.717) is 36.2 Å². The first-order valence-corrected chi connectivity index (χ1v) is 12.8. The largest absolute Gasteiger partial charge is 0.478 e. The second-order valence-electron chi connectivity index (χ2n) is 9.48. The maximum Gasteiger partial charge on any atom is 0.336 e. The molecule has 0 radical (unpaired) electrons. The highest BCUT2D eigenvalue weighted by molar-refractivity contribution is 6.01. The molecule has 8 heteroatoms. The average Bonchev–Trinajstić information content (AvgIpc) is 3.35. The third-order valence-corrected chi connectivity index (χ3v) is 6.96. The highest BCUT2D eigenvalue weighted by Crippen LogP contribution is 2.34. The van der Waals surface area contributed by atoms with Crippen LogP contribution in [0, 0.1) is 5.41 Å². The van der Waals surface area contributed by atoms with Crippen molar-refractivity contribution in [1.82, 2.24) is 10.3 Å². The number of amidine groups is 1. The van der Waals surface area contributed by atoms with Crippen molar-refractivity contribution in [3.8, 4) is 11.1 Å². The number of nitrogen functional groups attached to an aromatic ring is 1. The van der Waals surface area contributed by atoms with E-state index in [1.807, 2.05) is 60.7 Å². The number of carbonyl (C=O) groups is 2. The summed E-state index contributed by atoms with van der Waals surface area (Å²) in [6, 6.07) is 23.9. The van der Waals surface area contributed by atoms with Gasteiger partial charge in [0.05, 0.1) is 5.56 Å². The Hall–Kier alpha value is -4.98. The molecule has 0 atom stereocenters. The zero-order valence-corrected chi connectivity index (χ0v) is 21.4. The fraction of sp³-hybridized carbons (Fsp3) is 0.161. The van der Waals surface area contributed by atoms with E-state index in [4.69, 9.17) is 11.1 Å². The fourth-order valence-corrected chi connectivity index (χ4v) is 4.98. The predicted octanol–water partition coefficient (Wildman–Crippen LogP) is 4.27. The van der Waals surface area contributed by atoms with Gasteiger partial charge in [-0.2, -0.15) is 0 Å². The second-order valence-corrected chi connectivity index (χ2v) is 9.48. The van der Waals surface area contributed by atoms with Crippen molar-refractivity contribution in [2.75, 3.05) is 18.0 Å². The Morgan fingerprint density at radius 2 is 1.77 bits per heavy atom. The number of aromatic carboxylic acids is 1. The number of nitrogens with one attached hydrogen (secondary N) is 2. The van der Waals surface area contributed by atoms with Crippen LogP contribution in [0.1, 0.15) is 43.1 Å². The number of carboxylic acids is 1. The minimum absolute atomic E-state index is 0.0449. The van der Waals surface area contributed by atoms with Gasteiger partial charge in [-0.15, -0.1) is 0 Å². The fourth-order valence-electron chi connectivity index (χ4n) is 4.98. The third kappa shape index (κ3) is 5.65. The molecule has 0 saturated heterocycles. The molecule has 0 fully saturated rings. The van der Waals surface area contributed by atoms with Crippen LogP contribution in [0.2, 0.25) is 0 Å². The summed E-state index contributed by atoms with van der Waals surface area (Å²) in [6.07, 6.45) is 3.16. The lowest BCUT2D eigenvalue weighted by Gasteiger charge is -2.22. The van der Waals surface area contributed by atoms with E-state index >= 15 is 0 Å². The molecular formula is C31H29N5O3. The minimum atomic E-state index is -1.05. The molecule has 0 saturated carbocycles. The van der Waals surface area contributed by atoms with Crippen LogP contribution >= 0.6 is 0 Å². The van der Waals surface area contributed by atoms with Gasteiger partial charge in [-0.3, -0.25) is 15.2 Å². The molecule has 0 spiro atoms. The normalized spacial score (nSPS) is 12.2. The van der Waals surface area contributed by atoms with E-state index in [1.54, 1.807) is 18.3 Å². The van der Waals surface area contributed by atoms with E-state index in [1.165, 1.54) is 6.07 Å². The van der Waals surface area contributed by atoms with Gasteiger partial charge in [-0.1, -0.05) is 30.3 Å². The topological polar surface area (TPSA) is 132 Å². The molecule has 3 aromatic carbocycles. The van der Waals surface area contributed by atoms with E-state index in [9.17, 15) is 14.7 Å². The Bertz CT molecular complexity index is 1550. The molecular weight excluding hydrogens is 490 g/mol. The van der Waals surface area contributed by atoms with Crippen LogP contribution in [0.15, 0.2) is 85.1 Å². The zero-order chi connectivity index (χ0) is 27.4. The number of nitrogens with two attached hydrogens (primary N) is 1. The minimum Gasteiger partial charge on any atom is -0.478 e. The second kappa shape index (κ2) is 11.2. The number of amides is 1. The van der Waals surface area contributed by atoms with Crippen molar-refractivity contribution in [2.24, 2.45) is 5.73 Å². The van der Waals surface area contributed by atoms with Crippen molar-refractivity contribution in [3.63, 3.8) is 0 Å². The molecule has 0 unspecified atom stereocenters. The first-order chi connectivity index (χ1) is 18.9. The number of fused-ring (bicyclic) bond motifs is 1. The van der Waals surface area contributed by atoms with Gasteiger partial charge in [-0.05, 0) is 77.2 Å². The standard InChI is InChI=1S/C31H29N5O3/c32-29(33)21-9-11-28-20(17-21)13-16-36(28)19-23-5-1-2-7-25(23)27-18-22(8-10-26(27)31(38)39)30(37)35-15-12-24-6-3-4-14-34-24/h1-11,14,17-18H,12-13,15-16,19H2,(H3,32,33)(H,35,37)(H,38,39). The summed E-state index contributed by atoms with van der Waals surface area (Å²) in [5, 5.41) is 20.6. The van der Waals surface area contributed by atoms with Crippen LogP contribution in [-0.4, -0.2) is 40.9 Å². The van der Waals surface area contributed by atoms with Gasteiger partial charge >= 0.3 is 5.97 Å². The molecule has 0 bridgehead atoms. The number of carbonyl (C=O) groups excluding carboxylic acids is 1. The van der Waals surface area contributed by atoms with Gasteiger partial charge < -0.3 is 21.1 Å². The Morgan fingerprint density at radius 3 is 2.54 bits per heavy atom. The average molecular weight is 520 g/mol. The summed E-state index contributed by atoms with van der Waals surface area (Å²) in [5.74, 6) is -1.27. The molecule has 5 N–H and O–H groups in total. The number of hydrogen-bond acceptors (Lipinski definition) is 5. The summed E-state index contributed by atoms with van der Waals surface area (Å²) in [5.41, 5.74) is 12.2. The maximum atomic E-state index is 13.0. The molecule has 39 heavy (non-hydrogen) atoms. The molecule has 1 aliphatic rings. The lowest BCUT2D eigenvalue weighted by Crippen LogP contribution is -2.26. The molecule has 196 valence electrons. The van der Waals surface area contributed by atoms with Crippen molar-refractivity contribution in [3.05, 3.63) is 119 Å². The van der Waals surface area contributed by atoms with Crippen LogP contribution in [0.4, 0.5) is 5.69 Å². The van der Waals surface area contributed by atoms with Crippen molar-refractivity contribution in [1.29, 1.82) is 5.41 Å². The monoisotopic (exact) mass is 519 g/mol. The third-order valence-electron chi connectivity index (χ3n) is 6.96. The number of pyridine rings is 1. The molecule has 8 nitrogen and oxygen atoms in total. The first-order valence-electron chi connectivity index (χ1n) is 12.8. The van der Waals surface area contributed by atoms with Gasteiger partial charge in [0.15, 0.2) is 0 Å². The molecule has 5 rings (SSSR count). The highest BCUT2D eigenvalue weighted by atomic mass is 16.4. The summed E-state index contributed by atoms with van der Waals surface area (Å²) in [7, 11) is 0. The Morgan fingerprint density at radius 1 is 0.974 bits per heavy atom. The van der Waals surface area contributed by atoms with Gasteiger partial charge in [0, 0.05) is 54.8 Å². The Kier molecular flexibility index (Phi) is 7.36. The number of hydrogen-bond donors (Lipinski definition) is 4. The number of nitrogens with zero attached hydrogens (tertiary/aromatic N) is 2. The number of anilines is 1. The van der Waals surface area contributed by atoms with E-state index in [0.717, 1.165) is 41.0 Å². The smallest absolute Gasteiger partial charge is 0.336 e. The van der Waals surface area contributed by atoms with E-state index < -0.39 is 5.97 Å². The summed E-state index contributed by atoms with van der Waals surface area (Å²) in [6.45, 7) is 1.79. The lowest BCUT2D eigenvalue weighted by atomic mass is 9.93. The highest BCUT2D eigenvalue weighted by Gasteiger charge is 2.23.